The van der Waals surface area contributed by atoms with Gasteiger partial charge in [-0.3, -0.25) is 4.79 Å². The molecule has 1 unspecified atom stereocenters. The van der Waals surface area contributed by atoms with Crippen LogP contribution in [0.2, 0.25) is 0 Å². The van der Waals surface area contributed by atoms with Crippen LogP contribution in [0.4, 0.5) is 5.69 Å². The van der Waals surface area contributed by atoms with Gasteiger partial charge in [0.2, 0.25) is 5.91 Å². The molecule has 0 aromatic heterocycles. The zero-order valence-corrected chi connectivity index (χ0v) is 8.52. The fraction of sp³-hybridized carbons (Fsp3) is 0.125. The molecule has 1 heterocycles. The topological polar surface area (TPSA) is 29.1 Å². The van der Waals surface area contributed by atoms with Crippen LogP contribution in [0.15, 0.2) is 22.7 Å². The van der Waals surface area contributed by atoms with Crippen LogP contribution < -0.4 is 5.32 Å². The number of nitrogens with one attached hydrogen (secondary N) is 1. The van der Waals surface area contributed by atoms with Crippen molar-refractivity contribution in [2.75, 3.05) is 5.32 Å². The molecule has 2 nitrogen and oxygen atoms in total. The van der Waals surface area contributed by atoms with Crippen LogP contribution in [0.3, 0.4) is 0 Å². The molecule has 1 amide bonds. The summed E-state index contributed by atoms with van der Waals surface area (Å²) in [5, 5.41) is 2.42. The number of thiol groups is 1. The van der Waals surface area contributed by atoms with Gasteiger partial charge in [0.1, 0.15) is 5.25 Å². The van der Waals surface area contributed by atoms with Crippen LogP contribution in [0, 0.1) is 0 Å². The number of carbonyl (C=O) groups excluding carboxylic acids is 1. The van der Waals surface area contributed by atoms with Gasteiger partial charge in [0.15, 0.2) is 0 Å². The Bertz CT molecular complexity index is 353. The second kappa shape index (κ2) is 2.78. The van der Waals surface area contributed by atoms with Crippen molar-refractivity contribution >= 4 is 40.2 Å². The first-order valence-corrected chi connectivity index (χ1v) is 4.78. The molecule has 12 heavy (non-hydrogen) atoms. The number of carbonyl (C=O) groups is 1. The lowest BCUT2D eigenvalue weighted by Crippen LogP contribution is -2.06. The van der Waals surface area contributed by atoms with Gasteiger partial charge in [0.05, 0.1) is 0 Å². The Morgan fingerprint density at radius 3 is 3.00 bits per heavy atom. The van der Waals surface area contributed by atoms with Crippen molar-refractivity contribution in [1.29, 1.82) is 0 Å². The molecule has 0 spiro atoms. The predicted molar refractivity (Wildman–Crippen MR) is 54.5 cm³/mol. The van der Waals surface area contributed by atoms with E-state index in [0.717, 1.165) is 15.7 Å². The van der Waals surface area contributed by atoms with E-state index in [4.69, 9.17) is 0 Å². The fourth-order valence-corrected chi connectivity index (χ4v) is 1.87. The minimum atomic E-state index is -0.322. The summed E-state index contributed by atoms with van der Waals surface area (Å²) in [5.74, 6) is -0.0496. The molecule has 1 aromatic rings. The molecule has 0 fully saturated rings. The van der Waals surface area contributed by atoms with Gasteiger partial charge in [-0.05, 0) is 23.8 Å². The second-order valence-electron chi connectivity index (χ2n) is 2.62. The van der Waals surface area contributed by atoms with E-state index in [9.17, 15) is 4.79 Å². The number of hydrogen-bond acceptors (Lipinski definition) is 2. The number of halogens is 1. The third-order valence-corrected chi connectivity index (χ3v) is 2.82. The molecule has 1 aliphatic heterocycles. The molecule has 1 atom stereocenters. The first-order valence-electron chi connectivity index (χ1n) is 3.47. The summed E-state index contributed by atoms with van der Waals surface area (Å²) in [5.41, 5.74) is 1.81. The lowest BCUT2D eigenvalue weighted by Gasteiger charge is -1.99. The summed E-state index contributed by atoms with van der Waals surface area (Å²) in [7, 11) is 0. The van der Waals surface area contributed by atoms with Crippen LogP contribution in [-0.4, -0.2) is 5.91 Å². The van der Waals surface area contributed by atoms with Gasteiger partial charge < -0.3 is 5.32 Å². The van der Waals surface area contributed by atoms with Crippen molar-refractivity contribution in [3.05, 3.63) is 28.2 Å². The molecule has 62 valence electrons. The molecule has 2 rings (SSSR count). The van der Waals surface area contributed by atoms with Gasteiger partial charge in [-0.25, -0.2) is 0 Å². The van der Waals surface area contributed by atoms with E-state index in [1.165, 1.54) is 0 Å². The Hall–Kier alpha value is -0.480. The molecule has 4 heteroatoms. The van der Waals surface area contributed by atoms with Crippen LogP contribution in [-0.2, 0) is 4.79 Å². The molecule has 0 radical (unpaired) electrons. The lowest BCUT2D eigenvalue weighted by molar-refractivity contribution is -0.115. The highest BCUT2D eigenvalue weighted by atomic mass is 79.9. The highest BCUT2D eigenvalue weighted by Gasteiger charge is 2.26. The SMILES string of the molecule is O=C1Nc2ccc(Br)cc2C1S. The number of hydrogen-bond donors (Lipinski definition) is 2. The zero-order chi connectivity index (χ0) is 8.72. The lowest BCUT2D eigenvalue weighted by atomic mass is 10.2. The maximum absolute atomic E-state index is 11.1. The molecule has 0 bridgehead atoms. The quantitative estimate of drug-likeness (QED) is 0.674. The maximum atomic E-state index is 11.1. The smallest absolute Gasteiger partial charge is 0.241 e. The van der Waals surface area contributed by atoms with Gasteiger partial charge in [-0.15, -0.1) is 0 Å². The van der Waals surface area contributed by atoms with Gasteiger partial charge in [-0.1, -0.05) is 15.9 Å². The van der Waals surface area contributed by atoms with E-state index >= 15 is 0 Å². The van der Waals surface area contributed by atoms with Gasteiger partial charge in [-0.2, -0.15) is 12.6 Å². The number of benzene rings is 1. The van der Waals surface area contributed by atoms with Gasteiger partial charge in [0, 0.05) is 10.2 Å². The van der Waals surface area contributed by atoms with E-state index < -0.39 is 0 Å². The summed E-state index contributed by atoms with van der Waals surface area (Å²) in [6.07, 6.45) is 0. The molecule has 1 aliphatic rings. The molecule has 0 aliphatic carbocycles. The van der Waals surface area contributed by atoms with Crippen molar-refractivity contribution in [2.45, 2.75) is 5.25 Å². The Kier molecular flexibility index (Phi) is 1.88. The Labute approximate surface area is 83.9 Å². The first-order chi connectivity index (χ1) is 5.68. The monoisotopic (exact) mass is 243 g/mol. The van der Waals surface area contributed by atoms with Crippen molar-refractivity contribution in [3.8, 4) is 0 Å². The Morgan fingerprint density at radius 2 is 2.25 bits per heavy atom. The number of amides is 1. The van der Waals surface area contributed by atoms with Crippen LogP contribution in [0.25, 0.3) is 0 Å². The molecule has 1 aromatic carbocycles. The molecule has 1 N–H and O–H groups in total. The second-order valence-corrected chi connectivity index (χ2v) is 4.06. The number of fused-ring (bicyclic) bond motifs is 1. The number of anilines is 1. The number of rotatable bonds is 0. The van der Waals surface area contributed by atoms with Crippen LogP contribution in [0.1, 0.15) is 10.8 Å². The van der Waals surface area contributed by atoms with E-state index in [2.05, 4.69) is 33.9 Å². The van der Waals surface area contributed by atoms with E-state index in [1.807, 2.05) is 18.2 Å². The van der Waals surface area contributed by atoms with E-state index in [-0.39, 0.29) is 11.2 Å². The highest BCUT2D eigenvalue weighted by molar-refractivity contribution is 9.10. The van der Waals surface area contributed by atoms with Crippen molar-refractivity contribution in [3.63, 3.8) is 0 Å². The third kappa shape index (κ3) is 1.15. The van der Waals surface area contributed by atoms with Crippen LogP contribution in [0.5, 0.6) is 0 Å². The van der Waals surface area contributed by atoms with Crippen LogP contribution >= 0.6 is 28.6 Å². The average molecular weight is 244 g/mol. The van der Waals surface area contributed by atoms with Crippen molar-refractivity contribution in [1.82, 2.24) is 0 Å². The predicted octanol–water partition coefficient (Wildman–Crippen LogP) is 2.37. The molecule has 0 saturated heterocycles. The molecular formula is C8H6BrNOS. The zero-order valence-electron chi connectivity index (χ0n) is 6.04. The van der Waals surface area contributed by atoms with Crippen molar-refractivity contribution in [2.24, 2.45) is 0 Å². The largest absolute Gasteiger partial charge is 0.325 e. The Balaban J connectivity index is 2.55. The average Bonchev–Trinajstić information content (AvgIpc) is 2.31. The first kappa shape index (κ1) is 8.13. The maximum Gasteiger partial charge on any atom is 0.241 e. The highest BCUT2D eigenvalue weighted by Crippen LogP contribution is 2.36. The third-order valence-electron chi connectivity index (χ3n) is 1.81. The summed E-state index contributed by atoms with van der Waals surface area (Å²) in [6, 6.07) is 5.67. The Morgan fingerprint density at radius 1 is 1.50 bits per heavy atom. The minimum absolute atomic E-state index is 0.0496. The van der Waals surface area contributed by atoms with Crippen molar-refractivity contribution < 1.29 is 4.79 Å². The fourth-order valence-electron chi connectivity index (χ4n) is 1.22. The normalized spacial score (nSPS) is 20.5. The summed E-state index contributed by atoms with van der Waals surface area (Å²) < 4.78 is 0.969. The standard InChI is InChI=1S/C8H6BrNOS/c9-4-1-2-6-5(3-4)7(12)8(11)10-6/h1-3,7,12H,(H,10,11). The summed E-state index contributed by atoms with van der Waals surface area (Å²) in [6.45, 7) is 0. The van der Waals surface area contributed by atoms with Gasteiger partial charge >= 0.3 is 0 Å². The molecular weight excluding hydrogens is 238 g/mol. The summed E-state index contributed by atoms with van der Waals surface area (Å²) >= 11 is 7.52. The minimum Gasteiger partial charge on any atom is -0.325 e. The molecule has 0 saturated carbocycles. The van der Waals surface area contributed by atoms with Gasteiger partial charge in [0.25, 0.3) is 0 Å². The summed E-state index contributed by atoms with van der Waals surface area (Å²) in [4.78, 5) is 11.1. The van der Waals surface area contributed by atoms with E-state index in [0.29, 0.717) is 0 Å². The van der Waals surface area contributed by atoms with E-state index in [1.54, 1.807) is 0 Å².